The van der Waals surface area contributed by atoms with Crippen LogP contribution < -0.4 is 10.4 Å². The minimum Gasteiger partial charge on any atom is -0.493 e. The number of ether oxygens (including phenoxy) is 2. The lowest BCUT2D eigenvalue weighted by atomic mass is 10.2. The molecule has 0 radical (unpaired) electrons. The van der Waals surface area contributed by atoms with E-state index in [1.54, 1.807) is 25.1 Å². The second-order valence-electron chi connectivity index (χ2n) is 5.38. The van der Waals surface area contributed by atoms with Crippen molar-refractivity contribution in [1.82, 2.24) is 0 Å². The van der Waals surface area contributed by atoms with E-state index in [4.69, 9.17) is 13.9 Å². The number of carbonyl (C=O) groups is 1. The van der Waals surface area contributed by atoms with Crippen molar-refractivity contribution in [1.29, 1.82) is 0 Å². The van der Waals surface area contributed by atoms with E-state index in [9.17, 15) is 9.59 Å². The molecule has 0 N–H and O–H groups in total. The van der Waals surface area contributed by atoms with Crippen LogP contribution in [0.25, 0.3) is 11.0 Å². The first-order valence-corrected chi connectivity index (χ1v) is 8.15. The number of allylic oxidation sites excluding steroid dienone is 1. The lowest BCUT2D eigenvalue weighted by Gasteiger charge is -2.07. The first kappa shape index (κ1) is 17.8. The van der Waals surface area contributed by atoms with E-state index in [2.05, 4.69) is 0 Å². The average molecular weight is 330 g/mol. The van der Waals surface area contributed by atoms with Crippen LogP contribution in [0, 0.1) is 0 Å². The predicted octanol–water partition coefficient (Wildman–Crippen LogP) is 3.85. The van der Waals surface area contributed by atoms with E-state index >= 15 is 0 Å². The van der Waals surface area contributed by atoms with E-state index < -0.39 is 0 Å². The minimum atomic E-state index is -0.366. The molecular weight excluding hydrogens is 308 g/mol. The SMILES string of the molecule is CC=CC(=O)OCCCCCCOc1ccc2ccc(=O)oc2c1. The van der Waals surface area contributed by atoms with E-state index in [0.29, 0.717) is 24.5 Å². The van der Waals surface area contributed by atoms with Crippen molar-refractivity contribution in [3.05, 3.63) is 52.9 Å². The van der Waals surface area contributed by atoms with Gasteiger partial charge >= 0.3 is 11.6 Å². The topological polar surface area (TPSA) is 65.7 Å². The lowest BCUT2D eigenvalue weighted by Crippen LogP contribution is -2.02. The third-order valence-electron chi connectivity index (χ3n) is 3.45. The molecule has 0 spiro atoms. The van der Waals surface area contributed by atoms with Gasteiger partial charge in [0.2, 0.25) is 0 Å². The Morgan fingerprint density at radius 3 is 2.62 bits per heavy atom. The summed E-state index contributed by atoms with van der Waals surface area (Å²) in [6, 6.07) is 8.60. The Morgan fingerprint density at radius 1 is 1.08 bits per heavy atom. The van der Waals surface area contributed by atoms with Gasteiger partial charge in [-0.15, -0.1) is 0 Å². The summed E-state index contributed by atoms with van der Waals surface area (Å²) in [4.78, 5) is 22.3. The van der Waals surface area contributed by atoms with Crippen molar-refractivity contribution < 1.29 is 18.7 Å². The molecule has 24 heavy (non-hydrogen) atoms. The normalized spacial score (nSPS) is 11.0. The smallest absolute Gasteiger partial charge is 0.336 e. The number of unbranched alkanes of at least 4 members (excludes halogenated alkanes) is 3. The molecule has 128 valence electrons. The van der Waals surface area contributed by atoms with Crippen LogP contribution in [0.2, 0.25) is 0 Å². The molecule has 0 saturated heterocycles. The molecule has 2 aromatic rings. The van der Waals surface area contributed by atoms with Gasteiger partial charge in [0.25, 0.3) is 0 Å². The van der Waals surface area contributed by atoms with Crippen LogP contribution in [0.5, 0.6) is 5.75 Å². The maximum atomic E-state index is 11.2. The molecule has 1 aromatic heterocycles. The summed E-state index contributed by atoms with van der Waals surface area (Å²) in [5.74, 6) is 0.404. The highest BCUT2D eigenvalue weighted by molar-refractivity contribution is 5.81. The van der Waals surface area contributed by atoms with Crippen LogP contribution in [0.15, 0.2) is 51.7 Å². The van der Waals surface area contributed by atoms with Crippen LogP contribution in [-0.4, -0.2) is 19.2 Å². The van der Waals surface area contributed by atoms with Gasteiger partial charge in [-0.25, -0.2) is 9.59 Å². The zero-order valence-corrected chi connectivity index (χ0v) is 13.8. The van der Waals surface area contributed by atoms with Gasteiger partial charge in [-0.05, 0) is 50.8 Å². The zero-order chi connectivity index (χ0) is 17.2. The van der Waals surface area contributed by atoms with Crippen LogP contribution >= 0.6 is 0 Å². The zero-order valence-electron chi connectivity index (χ0n) is 13.8. The molecule has 0 aliphatic carbocycles. The highest BCUT2D eigenvalue weighted by Crippen LogP contribution is 2.19. The van der Waals surface area contributed by atoms with Crippen molar-refractivity contribution in [3.63, 3.8) is 0 Å². The summed E-state index contributed by atoms with van der Waals surface area (Å²) in [6.45, 7) is 2.83. The summed E-state index contributed by atoms with van der Waals surface area (Å²) < 4.78 is 15.8. The first-order chi connectivity index (χ1) is 11.7. The third kappa shape index (κ3) is 5.91. The Balaban J connectivity index is 1.62. The predicted molar refractivity (Wildman–Crippen MR) is 92.2 cm³/mol. The first-order valence-electron chi connectivity index (χ1n) is 8.15. The highest BCUT2D eigenvalue weighted by Gasteiger charge is 2.01. The maximum absolute atomic E-state index is 11.2. The van der Waals surface area contributed by atoms with Crippen molar-refractivity contribution in [2.45, 2.75) is 32.6 Å². The van der Waals surface area contributed by atoms with Gasteiger partial charge < -0.3 is 13.9 Å². The third-order valence-corrected chi connectivity index (χ3v) is 3.45. The number of fused-ring (bicyclic) bond motifs is 1. The average Bonchev–Trinajstić information content (AvgIpc) is 2.57. The van der Waals surface area contributed by atoms with E-state index in [-0.39, 0.29) is 11.6 Å². The number of esters is 1. The molecule has 2 rings (SSSR count). The molecule has 0 atom stereocenters. The second kappa shape index (κ2) is 9.55. The second-order valence-corrected chi connectivity index (χ2v) is 5.38. The molecule has 1 aromatic carbocycles. The van der Waals surface area contributed by atoms with Crippen LogP contribution in [-0.2, 0) is 9.53 Å². The molecule has 0 fully saturated rings. The fourth-order valence-corrected chi connectivity index (χ4v) is 2.24. The molecule has 5 nitrogen and oxygen atoms in total. The van der Waals surface area contributed by atoms with Crippen LogP contribution in [0.3, 0.4) is 0 Å². The number of benzene rings is 1. The molecular formula is C19H22O5. The van der Waals surface area contributed by atoms with Gasteiger partial charge in [-0.2, -0.15) is 0 Å². The number of rotatable bonds is 9. The summed E-state index contributed by atoms with van der Waals surface area (Å²) in [7, 11) is 0. The molecule has 5 heteroatoms. The van der Waals surface area contributed by atoms with Gasteiger partial charge in [0.05, 0.1) is 13.2 Å². The monoisotopic (exact) mass is 330 g/mol. The van der Waals surface area contributed by atoms with Crippen molar-refractivity contribution in [3.8, 4) is 5.75 Å². The van der Waals surface area contributed by atoms with Gasteiger partial charge in [0, 0.05) is 23.6 Å². The van der Waals surface area contributed by atoms with E-state index in [1.807, 2.05) is 12.1 Å². The Labute approximate surface area is 140 Å². The quantitative estimate of drug-likeness (QED) is 0.302. The van der Waals surface area contributed by atoms with Gasteiger partial charge in [-0.1, -0.05) is 6.08 Å². The summed E-state index contributed by atoms with van der Waals surface area (Å²) in [5, 5.41) is 0.870. The minimum absolute atomic E-state index is 0.288. The lowest BCUT2D eigenvalue weighted by molar-refractivity contribution is -0.137. The van der Waals surface area contributed by atoms with Crippen molar-refractivity contribution in [2.75, 3.05) is 13.2 Å². The number of hydrogen-bond acceptors (Lipinski definition) is 5. The van der Waals surface area contributed by atoms with E-state index in [0.717, 1.165) is 31.1 Å². The number of hydrogen-bond donors (Lipinski definition) is 0. The molecule has 0 aliphatic rings. The van der Waals surface area contributed by atoms with E-state index in [1.165, 1.54) is 12.1 Å². The Bertz CT molecular complexity index is 745. The van der Waals surface area contributed by atoms with Crippen LogP contribution in [0.1, 0.15) is 32.6 Å². The number of carbonyl (C=O) groups excluding carboxylic acids is 1. The van der Waals surface area contributed by atoms with Gasteiger partial charge in [0.1, 0.15) is 11.3 Å². The fourth-order valence-electron chi connectivity index (χ4n) is 2.24. The van der Waals surface area contributed by atoms with Gasteiger partial charge in [0.15, 0.2) is 0 Å². The Hall–Kier alpha value is -2.56. The Morgan fingerprint density at radius 2 is 1.83 bits per heavy atom. The molecule has 0 saturated carbocycles. The van der Waals surface area contributed by atoms with Gasteiger partial charge in [-0.3, -0.25) is 0 Å². The Kier molecular flexibility index (Phi) is 7.08. The molecule has 0 aliphatic heterocycles. The molecule has 0 unspecified atom stereocenters. The highest BCUT2D eigenvalue weighted by atomic mass is 16.5. The molecule has 0 bridgehead atoms. The largest absolute Gasteiger partial charge is 0.493 e. The standard InChI is InChI=1S/C19H22O5/c1-2-7-18(20)23-13-6-4-3-5-12-22-16-10-8-15-9-11-19(21)24-17(15)14-16/h2,7-11,14H,3-6,12-13H2,1H3. The summed E-state index contributed by atoms with van der Waals surface area (Å²) in [5.41, 5.74) is 0.165. The van der Waals surface area contributed by atoms with Crippen molar-refractivity contribution >= 4 is 16.9 Å². The summed E-state index contributed by atoms with van der Waals surface area (Å²) in [6.07, 6.45) is 6.84. The fraction of sp³-hybridized carbons (Fsp3) is 0.368. The van der Waals surface area contributed by atoms with Crippen LogP contribution in [0.4, 0.5) is 0 Å². The molecule has 1 heterocycles. The maximum Gasteiger partial charge on any atom is 0.336 e. The molecule has 0 amide bonds. The van der Waals surface area contributed by atoms with Crippen molar-refractivity contribution in [2.24, 2.45) is 0 Å². The summed E-state index contributed by atoms with van der Waals surface area (Å²) >= 11 is 0.